The van der Waals surface area contributed by atoms with Crippen LogP contribution in [0.4, 0.5) is 0 Å². The van der Waals surface area contributed by atoms with Crippen LogP contribution in [0.15, 0.2) is 92.0 Å². The summed E-state index contributed by atoms with van der Waals surface area (Å²) >= 11 is 0. The number of esters is 5. The summed E-state index contributed by atoms with van der Waals surface area (Å²) in [5.41, 5.74) is 0.283. The fourth-order valence-electron chi connectivity index (χ4n) is 4.87. The molecule has 56 heavy (non-hydrogen) atoms. The van der Waals surface area contributed by atoms with E-state index in [9.17, 15) is 24.0 Å². The Hall–Kier alpha value is -6.42. The average molecular weight is 770 g/mol. The van der Waals surface area contributed by atoms with Crippen molar-refractivity contribution >= 4 is 29.8 Å². The molecular weight excluding hydrogens is 722 g/mol. The van der Waals surface area contributed by atoms with Crippen LogP contribution >= 0.6 is 0 Å². The summed E-state index contributed by atoms with van der Waals surface area (Å²) in [4.78, 5) is 61.3. The third-order valence-electron chi connectivity index (χ3n) is 7.87. The van der Waals surface area contributed by atoms with Crippen LogP contribution in [0.2, 0.25) is 0 Å². The molecule has 0 atom stereocenters. The third kappa shape index (κ3) is 16.7. The third-order valence-corrected chi connectivity index (χ3v) is 7.87. The van der Waals surface area contributed by atoms with Crippen molar-refractivity contribution in [2.75, 3.05) is 33.0 Å². The molecule has 0 fully saturated rings. The van der Waals surface area contributed by atoms with Crippen LogP contribution in [0.3, 0.4) is 0 Å². The van der Waals surface area contributed by atoms with Gasteiger partial charge < -0.3 is 33.2 Å². The molecule has 0 spiro atoms. The lowest BCUT2D eigenvalue weighted by Gasteiger charge is -2.13. The standard InChI is InChI=1S/C43H47NO12/c1-3-39(45)52-28-12-7-5-10-26-50-34-19-15-32(16-20-34)41(47)55-36-23-24-38(37(31-36)43(49)54-30-14-9-25-44)56-42(48)33-17-21-35(22-18-33)51-27-11-6-8-13-29-53-40(46)4-2/h3-4,15-24,31H,1-2,5-14,26-30H2. The molecule has 0 saturated heterocycles. The van der Waals surface area contributed by atoms with Crippen LogP contribution in [0.1, 0.15) is 95.3 Å². The molecule has 0 aliphatic heterocycles. The second-order valence-corrected chi connectivity index (χ2v) is 12.2. The minimum Gasteiger partial charge on any atom is -0.494 e. The molecule has 3 aromatic carbocycles. The van der Waals surface area contributed by atoms with Crippen LogP contribution in [0.5, 0.6) is 23.0 Å². The molecule has 3 rings (SSSR count). The predicted molar refractivity (Wildman–Crippen MR) is 205 cm³/mol. The molecule has 13 heteroatoms. The highest BCUT2D eigenvalue weighted by Crippen LogP contribution is 2.28. The van der Waals surface area contributed by atoms with E-state index in [0.717, 1.165) is 63.5 Å². The first-order chi connectivity index (χ1) is 27.2. The van der Waals surface area contributed by atoms with E-state index in [1.165, 1.54) is 30.3 Å². The summed E-state index contributed by atoms with van der Waals surface area (Å²) in [5.74, 6) is -2.10. The van der Waals surface area contributed by atoms with Gasteiger partial charge in [-0.3, -0.25) is 0 Å². The first-order valence-electron chi connectivity index (χ1n) is 18.4. The SMILES string of the molecule is C=CC(=O)OCCCCCCOc1ccc(C(=O)Oc2ccc(OC(=O)c3ccc(OCCCCCCOC(=O)C=C)cc3)c(C(=O)OCCCC#N)c2)cc1. The van der Waals surface area contributed by atoms with Crippen molar-refractivity contribution in [3.8, 4) is 29.1 Å². The number of hydrogen-bond donors (Lipinski definition) is 0. The molecule has 0 saturated carbocycles. The second-order valence-electron chi connectivity index (χ2n) is 12.2. The Bertz CT molecular complexity index is 1790. The minimum atomic E-state index is -0.831. The molecule has 0 aliphatic rings. The number of unbranched alkanes of at least 4 members (excludes halogenated alkanes) is 7. The van der Waals surface area contributed by atoms with Gasteiger partial charge >= 0.3 is 29.8 Å². The maximum absolute atomic E-state index is 13.1. The van der Waals surface area contributed by atoms with Gasteiger partial charge in [-0.1, -0.05) is 13.2 Å². The Kier molecular flexibility index (Phi) is 20.1. The summed E-state index contributed by atoms with van der Waals surface area (Å²) in [6, 6.07) is 18.7. The van der Waals surface area contributed by atoms with E-state index in [2.05, 4.69) is 13.2 Å². The van der Waals surface area contributed by atoms with Gasteiger partial charge in [0.2, 0.25) is 0 Å². The number of carbonyl (C=O) groups excluding carboxylic acids is 5. The normalized spacial score (nSPS) is 10.3. The van der Waals surface area contributed by atoms with Crippen molar-refractivity contribution in [1.82, 2.24) is 0 Å². The summed E-state index contributed by atoms with van der Waals surface area (Å²) in [6.45, 7) is 8.32. The first-order valence-corrected chi connectivity index (χ1v) is 18.4. The van der Waals surface area contributed by atoms with Gasteiger partial charge in [0, 0.05) is 18.6 Å². The molecule has 0 unspecified atom stereocenters. The van der Waals surface area contributed by atoms with Gasteiger partial charge in [0.1, 0.15) is 28.6 Å². The Morgan fingerprint density at radius 1 is 0.518 bits per heavy atom. The molecule has 0 aromatic heterocycles. The quantitative estimate of drug-likeness (QED) is 0.0253. The molecule has 13 nitrogen and oxygen atoms in total. The number of rotatable bonds is 26. The van der Waals surface area contributed by atoms with Crippen LogP contribution in [0, 0.1) is 11.3 Å². The molecule has 0 bridgehead atoms. The Labute approximate surface area is 326 Å². The van der Waals surface area contributed by atoms with Gasteiger partial charge in [0.15, 0.2) is 0 Å². The molecule has 3 aromatic rings. The van der Waals surface area contributed by atoms with Crippen molar-refractivity contribution in [1.29, 1.82) is 5.26 Å². The Morgan fingerprint density at radius 3 is 1.45 bits per heavy atom. The van der Waals surface area contributed by atoms with Crippen molar-refractivity contribution in [2.24, 2.45) is 0 Å². The van der Waals surface area contributed by atoms with E-state index in [1.54, 1.807) is 36.4 Å². The molecular formula is C43H47NO12. The van der Waals surface area contributed by atoms with Crippen molar-refractivity contribution in [2.45, 2.75) is 64.2 Å². The predicted octanol–water partition coefficient (Wildman–Crippen LogP) is 7.92. The largest absolute Gasteiger partial charge is 0.494 e. The minimum absolute atomic E-state index is 0.0102. The van der Waals surface area contributed by atoms with Crippen molar-refractivity contribution in [3.63, 3.8) is 0 Å². The average Bonchev–Trinajstić information content (AvgIpc) is 3.22. The van der Waals surface area contributed by atoms with Crippen LogP contribution < -0.4 is 18.9 Å². The van der Waals surface area contributed by atoms with E-state index in [-0.39, 0.29) is 41.2 Å². The Morgan fingerprint density at radius 2 is 0.964 bits per heavy atom. The topological polar surface area (TPSA) is 174 Å². The molecule has 0 aliphatic carbocycles. The van der Waals surface area contributed by atoms with E-state index in [0.29, 0.717) is 44.3 Å². The molecule has 0 radical (unpaired) electrons. The van der Waals surface area contributed by atoms with E-state index >= 15 is 0 Å². The van der Waals surface area contributed by atoms with Crippen molar-refractivity contribution < 1.29 is 57.1 Å². The van der Waals surface area contributed by atoms with Crippen molar-refractivity contribution in [3.05, 3.63) is 109 Å². The molecule has 0 heterocycles. The van der Waals surface area contributed by atoms with Gasteiger partial charge in [-0.25, -0.2) is 24.0 Å². The molecule has 296 valence electrons. The van der Waals surface area contributed by atoms with E-state index in [1.807, 2.05) is 6.07 Å². The summed E-state index contributed by atoms with van der Waals surface area (Å²) in [6.07, 6.45) is 9.42. The highest BCUT2D eigenvalue weighted by atomic mass is 16.6. The number of carbonyl (C=O) groups is 5. The van der Waals surface area contributed by atoms with Crippen LogP contribution in [-0.2, 0) is 23.8 Å². The van der Waals surface area contributed by atoms with Gasteiger partial charge in [-0.2, -0.15) is 5.26 Å². The summed E-state index contributed by atoms with van der Waals surface area (Å²) < 4.78 is 37.8. The smallest absolute Gasteiger partial charge is 0.343 e. The lowest BCUT2D eigenvalue weighted by Crippen LogP contribution is -2.14. The Balaban J connectivity index is 1.53. The number of ether oxygens (including phenoxy) is 7. The molecule has 0 N–H and O–H groups in total. The summed E-state index contributed by atoms with van der Waals surface area (Å²) in [5, 5.41) is 8.82. The maximum Gasteiger partial charge on any atom is 0.343 e. The van der Waals surface area contributed by atoms with Crippen LogP contribution in [0.25, 0.3) is 0 Å². The monoisotopic (exact) mass is 769 g/mol. The number of benzene rings is 3. The van der Waals surface area contributed by atoms with Gasteiger partial charge in [-0.15, -0.1) is 0 Å². The highest BCUT2D eigenvalue weighted by Gasteiger charge is 2.21. The van der Waals surface area contributed by atoms with Crippen LogP contribution in [-0.4, -0.2) is 62.9 Å². The highest BCUT2D eigenvalue weighted by molar-refractivity contribution is 5.97. The first kappa shape index (κ1) is 44.0. The zero-order chi connectivity index (χ0) is 40.4. The lowest BCUT2D eigenvalue weighted by atomic mass is 10.1. The van der Waals surface area contributed by atoms with Gasteiger partial charge in [0.25, 0.3) is 0 Å². The van der Waals surface area contributed by atoms with Gasteiger partial charge in [0.05, 0.1) is 50.2 Å². The number of nitrogens with zero attached hydrogens (tertiary/aromatic N) is 1. The summed E-state index contributed by atoms with van der Waals surface area (Å²) in [7, 11) is 0. The zero-order valence-electron chi connectivity index (χ0n) is 31.4. The second kappa shape index (κ2) is 25.6. The van der Waals surface area contributed by atoms with E-state index in [4.69, 9.17) is 38.4 Å². The fraction of sp³-hybridized carbons (Fsp3) is 0.349. The zero-order valence-corrected chi connectivity index (χ0v) is 31.4. The molecule has 0 amide bonds. The maximum atomic E-state index is 13.1. The number of hydrogen-bond acceptors (Lipinski definition) is 13. The van der Waals surface area contributed by atoms with Gasteiger partial charge in [-0.05, 0) is 125 Å². The van der Waals surface area contributed by atoms with E-state index < -0.39 is 29.8 Å². The fourth-order valence-corrected chi connectivity index (χ4v) is 4.87. The lowest BCUT2D eigenvalue weighted by molar-refractivity contribution is -0.138. The number of nitriles is 1.